The van der Waals surface area contributed by atoms with Gasteiger partial charge in [0.15, 0.2) is 0 Å². The van der Waals surface area contributed by atoms with Crippen molar-refractivity contribution in [3.05, 3.63) is 59.5 Å². The van der Waals surface area contributed by atoms with Gasteiger partial charge in [-0.3, -0.25) is 9.10 Å². The van der Waals surface area contributed by atoms with Crippen LogP contribution in [0.4, 0.5) is 5.69 Å². The van der Waals surface area contributed by atoms with Crippen LogP contribution < -0.4 is 9.04 Å². The first kappa shape index (κ1) is 25.2. The van der Waals surface area contributed by atoms with Crippen molar-refractivity contribution in [3.63, 3.8) is 0 Å². The van der Waals surface area contributed by atoms with Crippen molar-refractivity contribution in [1.29, 1.82) is 0 Å². The zero-order valence-corrected chi connectivity index (χ0v) is 20.9. The van der Waals surface area contributed by atoms with E-state index >= 15 is 0 Å². The summed E-state index contributed by atoms with van der Waals surface area (Å²) >= 11 is 0. The Kier molecular flexibility index (Phi) is 7.93. The van der Waals surface area contributed by atoms with E-state index in [1.165, 1.54) is 15.5 Å². The second kappa shape index (κ2) is 10.7. The minimum Gasteiger partial charge on any atom is -0.497 e. The molecule has 0 bridgehead atoms. The van der Waals surface area contributed by atoms with Gasteiger partial charge in [-0.25, -0.2) is 8.42 Å². The van der Waals surface area contributed by atoms with Crippen LogP contribution in [0.1, 0.15) is 29.9 Å². The number of amides is 1. The number of hydrogen-bond donors (Lipinski definition) is 0. The summed E-state index contributed by atoms with van der Waals surface area (Å²) in [5.74, 6) is 1.33. The molecule has 0 N–H and O–H groups in total. The maximum atomic E-state index is 12.6. The van der Waals surface area contributed by atoms with E-state index in [1.807, 2.05) is 38.1 Å². The zero-order chi connectivity index (χ0) is 24.9. The molecule has 1 amide bonds. The molecule has 0 aliphatic rings. The number of aryl methyl sites for hydroxylation is 1. The monoisotopic (exact) mass is 486 g/mol. The maximum Gasteiger partial charge on any atom is 0.246 e. The van der Waals surface area contributed by atoms with Crippen LogP contribution in [0.2, 0.25) is 0 Å². The minimum absolute atomic E-state index is 0.140. The highest BCUT2D eigenvalue weighted by Crippen LogP contribution is 2.25. The third kappa shape index (κ3) is 6.13. The van der Waals surface area contributed by atoms with Crippen LogP contribution >= 0.6 is 0 Å². The lowest BCUT2D eigenvalue weighted by Gasteiger charge is -2.25. The highest BCUT2D eigenvalue weighted by Gasteiger charge is 2.21. The lowest BCUT2D eigenvalue weighted by molar-refractivity contribution is -0.130. The molecule has 0 spiro atoms. The Bertz CT molecular complexity index is 1240. The molecule has 1 heterocycles. The highest BCUT2D eigenvalue weighted by molar-refractivity contribution is 7.92. The summed E-state index contributed by atoms with van der Waals surface area (Å²) in [7, 11) is -0.239. The molecule has 2 aromatic carbocycles. The predicted octanol–water partition coefficient (Wildman–Crippen LogP) is 3.57. The standard InChI is InChI=1S/C24H30N4O5S/c1-17-8-6-9-21(18(17)2)28(34(5,30)31)15-7-10-23(29)27(3)16-22-25-24(26-33-22)19-11-13-20(32-4)14-12-19/h6,8-9,11-14H,7,10,15-16H2,1-5H3. The Morgan fingerprint density at radius 3 is 2.47 bits per heavy atom. The molecule has 0 radical (unpaired) electrons. The topological polar surface area (TPSA) is 106 Å². The number of methoxy groups -OCH3 is 1. The highest BCUT2D eigenvalue weighted by atomic mass is 32.2. The molecule has 182 valence electrons. The Labute approximate surface area is 200 Å². The third-order valence-electron chi connectivity index (χ3n) is 5.61. The second-order valence-electron chi connectivity index (χ2n) is 8.15. The number of carbonyl (C=O) groups excluding carboxylic acids is 1. The average molecular weight is 487 g/mol. The molecule has 0 aliphatic carbocycles. The van der Waals surface area contributed by atoms with Crippen LogP contribution in [0.3, 0.4) is 0 Å². The fourth-order valence-corrected chi connectivity index (χ4v) is 4.52. The number of anilines is 1. The molecule has 9 nitrogen and oxygen atoms in total. The number of nitrogens with zero attached hydrogens (tertiary/aromatic N) is 4. The summed E-state index contributed by atoms with van der Waals surface area (Å²) in [6, 6.07) is 12.8. The fraction of sp³-hybridized carbons (Fsp3) is 0.375. The molecule has 0 saturated heterocycles. The molecule has 0 atom stereocenters. The van der Waals surface area contributed by atoms with Crippen molar-refractivity contribution in [2.45, 2.75) is 33.2 Å². The minimum atomic E-state index is -3.48. The molecular weight excluding hydrogens is 456 g/mol. The number of ether oxygens (including phenoxy) is 1. The van der Waals surface area contributed by atoms with Crippen molar-refractivity contribution < 1.29 is 22.5 Å². The number of rotatable bonds is 10. The van der Waals surface area contributed by atoms with Crippen LogP contribution in [0.25, 0.3) is 11.4 Å². The number of hydrogen-bond acceptors (Lipinski definition) is 7. The Balaban J connectivity index is 1.58. The van der Waals surface area contributed by atoms with Gasteiger partial charge in [-0.15, -0.1) is 0 Å². The van der Waals surface area contributed by atoms with Gasteiger partial charge < -0.3 is 14.2 Å². The van der Waals surface area contributed by atoms with Gasteiger partial charge in [-0.1, -0.05) is 17.3 Å². The molecule has 0 fully saturated rings. The Morgan fingerprint density at radius 1 is 1.12 bits per heavy atom. The summed E-state index contributed by atoms with van der Waals surface area (Å²) in [6.45, 7) is 4.21. The van der Waals surface area contributed by atoms with Crippen LogP contribution in [-0.4, -0.2) is 56.3 Å². The quantitative estimate of drug-likeness (QED) is 0.431. The van der Waals surface area contributed by atoms with Gasteiger partial charge in [0, 0.05) is 25.6 Å². The van der Waals surface area contributed by atoms with Crippen molar-refractivity contribution >= 4 is 21.6 Å². The SMILES string of the molecule is COc1ccc(-c2noc(CN(C)C(=O)CCCN(c3cccc(C)c3C)S(C)(=O)=O)n2)cc1. The van der Waals surface area contributed by atoms with Crippen molar-refractivity contribution in [2.75, 3.05) is 31.3 Å². The number of benzene rings is 2. The van der Waals surface area contributed by atoms with E-state index in [-0.39, 0.29) is 25.4 Å². The van der Waals surface area contributed by atoms with Gasteiger partial charge in [-0.2, -0.15) is 4.98 Å². The van der Waals surface area contributed by atoms with Gasteiger partial charge in [0.1, 0.15) is 5.75 Å². The molecule has 0 aliphatic heterocycles. The molecular formula is C24H30N4O5S. The number of sulfonamides is 1. The van der Waals surface area contributed by atoms with E-state index in [0.717, 1.165) is 22.4 Å². The molecule has 3 aromatic rings. The third-order valence-corrected chi connectivity index (χ3v) is 6.79. The van der Waals surface area contributed by atoms with Gasteiger partial charge in [0.05, 0.1) is 25.6 Å². The summed E-state index contributed by atoms with van der Waals surface area (Å²) in [5, 5.41) is 3.98. The van der Waals surface area contributed by atoms with E-state index in [4.69, 9.17) is 9.26 Å². The summed E-state index contributed by atoms with van der Waals surface area (Å²) in [6.07, 6.45) is 1.75. The van der Waals surface area contributed by atoms with E-state index in [9.17, 15) is 13.2 Å². The van der Waals surface area contributed by atoms with Gasteiger partial charge in [0.25, 0.3) is 0 Å². The van der Waals surface area contributed by atoms with E-state index in [0.29, 0.717) is 23.8 Å². The predicted molar refractivity (Wildman–Crippen MR) is 130 cm³/mol. The molecule has 10 heteroatoms. The lowest BCUT2D eigenvalue weighted by Crippen LogP contribution is -2.33. The zero-order valence-electron chi connectivity index (χ0n) is 20.1. The van der Waals surface area contributed by atoms with Crippen LogP contribution in [0.5, 0.6) is 5.75 Å². The summed E-state index contributed by atoms with van der Waals surface area (Å²) < 4.78 is 36.6. The van der Waals surface area contributed by atoms with E-state index < -0.39 is 10.0 Å². The van der Waals surface area contributed by atoms with E-state index in [2.05, 4.69) is 10.1 Å². The summed E-state index contributed by atoms with van der Waals surface area (Å²) in [4.78, 5) is 18.5. The average Bonchev–Trinajstić information content (AvgIpc) is 3.26. The largest absolute Gasteiger partial charge is 0.497 e. The molecule has 1 aromatic heterocycles. The first-order valence-electron chi connectivity index (χ1n) is 10.8. The number of aromatic nitrogens is 2. The normalized spacial score (nSPS) is 11.3. The number of carbonyl (C=O) groups is 1. The smallest absolute Gasteiger partial charge is 0.246 e. The molecule has 0 saturated carbocycles. The van der Waals surface area contributed by atoms with Crippen LogP contribution in [-0.2, 0) is 21.4 Å². The Hall–Kier alpha value is -3.40. The molecule has 34 heavy (non-hydrogen) atoms. The lowest BCUT2D eigenvalue weighted by atomic mass is 10.1. The van der Waals surface area contributed by atoms with Crippen LogP contribution in [0.15, 0.2) is 47.0 Å². The van der Waals surface area contributed by atoms with Crippen LogP contribution in [0, 0.1) is 13.8 Å². The van der Waals surface area contributed by atoms with Crippen molar-refractivity contribution in [2.24, 2.45) is 0 Å². The van der Waals surface area contributed by atoms with Gasteiger partial charge >= 0.3 is 0 Å². The maximum absolute atomic E-state index is 12.6. The Morgan fingerprint density at radius 2 is 1.82 bits per heavy atom. The first-order chi connectivity index (χ1) is 16.1. The molecule has 0 unspecified atom stereocenters. The fourth-order valence-electron chi connectivity index (χ4n) is 3.50. The van der Waals surface area contributed by atoms with Crippen molar-refractivity contribution in [1.82, 2.24) is 15.0 Å². The first-order valence-corrected chi connectivity index (χ1v) is 12.7. The van der Waals surface area contributed by atoms with Gasteiger partial charge in [0.2, 0.25) is 27.6 Å². The molecule has 3 rings (SSSR count). The second-order valence-corrected chi connectivity index (χ2v) is 10.1. The van der Waals surface area contributed by atoms with E-state index in [1.54, 1.807) is 32.4 Å². The van der Waals surface area contributed by atoms with Crippen molar-refractivity contribution in [3.8, 4) is 17.1 Å². The van der Waals surface area contributed by atoms with Gasteiger partial charge in [-0.05, 0) is 61.7 Å². The summed E-state index contributed by atoms with van der Waals surface area (Å²) in [5.41, 5.74) is 3.33.